The maximum absolute atomic E-state index is 15.6. The SMILES string of the molecule is CC1CCc2c(N3CCC(O)CC3)c(F)c(N)c3c(=O)c(C(=O)O)cn1c23.CCOC(O)c1cn(Cc2cc(C)cc(C)c2)c2ccccc2c1=O.CCOC(O)c1cn(Cc2ccc(OC)cc2)c2ccccc2c1=O.CCOC(O)c1cn(Cc2ccccc2O)c2ccccc2c1=O.C[C@@H]1CN(c2c(F)c(N)c3c(=O)c(C(=O)O)cn(C4CC4)c3c2F)C[C@H](C)N1. The number of aromatic carboxylic acids is 2. The van der Waals surface area contributed by atoms with Gasteiger partial charge in [0.2, 0.25) is 10.9 Å². The van der Waals surface area contributed by atoms with Crippen LogP contribution in [-0.2, 0) is 40.3 Å². The van der Waals surface area contributed by atoms with Gasteiger partial charge in [-0.3, -0.25) is 24.0 Å². The van der Waals surface area contributed by atoms with E-state index in [1.807, 2.05) is 124 Å². The summed E-state index contributed by atoms with van der Waals surface area (Å²) < 4.78 is 75.9. The monoisotopic (exact) mass is 1770 g/mol. The molecule has 13 aromatic rings. The number of phenols is 1. The molecule has 12 N–H and O–H groups in total. The van der Waals surface area contributed by atoms with E-state index >= 15 is 13.2 Å². The summed E-state index contributed by atoms with van der Waals surface area (Å²) in [6.07, 6.45) is 7.18. The molecule has 31 heteroatoms. The maximum atomic E-state index is 15.6. The quantitative estimate of drug-likeness (QED) is 0.0236. The zero-order valence-electron chi connectivity index (χ0n) is 73.1. The van der Waals surface area contributed by atoms with Crippen LogP contribution in [0.15, 0.2) is 194 Å². The Balaban J connectivity index is 0.000000138. The van der Waals surface area contributed by atoms with Crippen LogP contribution in [0.1, 0.15) is 175 Å². The molecule has 678 valence electrons. The number of piperidine rings is 1. The molecule has 0 radical (unpaired) electrons. The third-order valence-corrected chi connectivity index (χ3v) is 23.5. The molecule has 28 nitrogen and oxygen atoms in total. The number of ether oxygens (including phenoxy) is 4. The number of aromatic hydroxyl groups is 1. The number of pyridine rings is 5. The van der Waals surface area contributed by atoms with Crippen LogP contribution in [0.2, 0.25) is 0 Å². The molecule has 4 unspecified atom stereocenters. The minimum Gasteiger partial charge on any atom is -0.508 e. The van der Waals surface area contributed by atoms with E-state index in [1.165, 1.54) is 21.9 Å². The fourth-order valence-electron chi connectivity index (χ4n) is 17.3. The molecule has 3 aliphatic heterocycles. The van der Waals surface area contributed by atoms with Crippen molar-refractivity contribution in [2.75, 3.05) is 74.4 Å². The standard InChI is InChI=1S/C21H23NO3.C20H21NO4.C19H22F2N4O3.C19H22FN3O4.C19H19NO4/c1-4-25-21(24)18-13-22(12-16-10-14(2)9-15(3)11-16)19-8-6-5-7-17(19)20(18)23;1-3-25-20(23)17-13-21(12-14-8-10-15(24-2)11-9-14)18-7-5-4-6-16(18)19(17)22;1-8-5-24(6-9(2)23-8)17-13(20)15(22)12-16(14(17)21)25(10-3-4-10)7-11(18(12)26)19(27)28;1-9-2-3-11-16-13(18(25)12(19(26)27)8-23(9)16)15(21)14(20)17(11)22-6-4-10(24)5-7-22;1-2-24-19(23)15-12-20(11-13-7-3-6-10-17(13)21)16-9-5-4-8-14(16)18(15)22/h5-11,13,21,24H,4,12H2,1-3H3;4-11,13,20,23H,3,12H2,1-2H3;7-10,23H,3-6,22H2,1-2H3,(H,27,28);8-10,24H,2-7,21H2,1H3,(H,26,27);3-10,12,19,21,23H,2,11H2,1H3/t;;8-,9+;;. The van der Waals surface area contributed by atoms with Crippen molar-refractivity contribution in [3.05, 3.63) is 300 Å². The summed E-state index contributed by atoms with van der Waals surface area (Å²) in [5.74, 6) is -4.38. The first-order valence-corrected chi connectivity index (χ1v) is 42.9. The lowest BCUT2D eigenvalue weighted by Gasteiger charge is -2.38. The summed E-state index contributed by atoms with van der Waals surface area (Å²) in [6.45, 7) is 19.5. The van der Waals surface area contributed by atoms with Crippen molar-refractivity contribution in [3.63, 3.8) is 0 Å². The second kappa shape index (κ2) is 40.6. The number of aliphatic hydroxyl groups excluding tert-OH is 4. The molecule has 2 saturated heterocycles. The number of carbonyl (C=O) groups is 2. The molecular weight excluding hydrogens is 1660 g/mol. The molecular formula is C98H107F3N10O18. The molecule has 0 bridgehead atoms. The van der Waals surface area contributed by atoms with Gasteiger partial charge in [-0.25, -0.2) is 22.8 Å². The number of carboxylic acid groups (broad SMARTS) is 2. The van der Waals surface area contributed by atoms with Crippen LogP contribution < -0.4 is 58.5 Å². The van der Waals surface area contributed by atoms with Crippen molar-refractivity contribution in [1.29, 1.82) is 0 Å². The number of nitrogens with one attached hydrogen (secondary N) is 1. The number of halogens is 3. The van der Waals surface area contributed by atoms with Gasteiger partial charge in [0.05, 0.1) is 91.9 Å². The van der Waals surface area contributed by atoms with Gasteiger partial charge in [0, 0.05) is 142 Å². The summed E-state index contributed by atoms with van der Waals surface area (Å²) in [5.41, 5.74) is 17.5. The van der Waals surface area contributed by atoms with E-state index < -0.39 is 87.4 Å². The van der Waals surface area contributed by atoms with Crippen molar-refractivity contribution in [2.45, 2.75) is 163 Å². The van der Waals surface area contributed by atoms with Crippen molar-refractivity contribution in [1.82, 2.24) is 28.2 Å². The molecule has 1 saturated carbocycles. The molecule has 4 aliphatic rings. The summed E-state index contributed by atoms with van der Waals surface area (Å²) in [4.78, 5) is 89.8. The Labute approximate surface area is 740 Å². The zero-order chi connectivity index (χ0) is 92.7. The van der Waals surface area contributed by atoms with Crippen LogP contribution in [-0.4, -0.2) is 142 Å². The topological polar surface area (TPSA) is 393 Å². The Kier molecular flexibility index (Phi) is 29.4. The number of hydrogen-bond acceptors (Lipinski definition) is 21. The number of anilines is 4. The van der Waals surface area contributed by atoms with Crippen molar-refractivity contribution in [2.24, 2.45) is 0 Å². The number of nitrogens with two attached hydrogens (primary N) is 2. The summed E-state index contributed by atoms with van der Waals surface area (Å²) >= 11 is 0. The number of para-hydroxylation sites is 4. The second-order valence-electron chi connectivity index (χ2n) is 32.8. The third kappa shape index (κ3) is 20.2. The number of nitrogens with zero attached hydrogens (tertiary/aromatic N) is 7. The molecule has 8 aromatic carbocycles. The highest BCUT2D eigenvalue weighted by atomic mass is 19.1. The van der Waals surface area contributed by atoms with Gasteiger partial charge in [0.25, 0.3) is 0 Å². The number of aliphatic hydroxyl groups is 4. The molecule has 3 fully saturated rings. The van der Waals surface area contributed by atoms with E-state index in [1.54, 1.807) is 92.3 Å². The molecule has 0 amide bonds. The highest BCUT2D eigenvalue weighted by Crippen LogP contribution is 2.45. The van der Waals surface area contributed by atoms with Gasteiger partial charge in [-0.1, -0.05) is 96.1 Å². The number of benzene rings is 8. The fourth-order valence-corrected chi connectivity index (χ4v) is 17.3. The molecule has 17 rings (SSSR count). The van der Waals surface area contributed by atoms with E-state index in [0.29, 0.717) is 124 Å². The average Bonchev–Trinajstić information content (AvgIpc) is 1.10. The van der Waals surface area contributed by atoms with E-state index in [2.05, 4.69) is 37.4 Å². The Morgan fingerprint density at radius 1 is 0.504 bits per heavy atom. The van der Waals surface area contributed by atoms with Crippen molar-refractivity contribution in [3.8, 4) is 11.5 Å². The Hall–Kier alpha value is -13.0. The summed E-state index contributed by atoms with van der Waals surface area (Å²) in [5, 5.41) is 73.5. The average molecular weight is 1770 g/mol. The first-order valence-electron chi connectivity index (χ1n) is 42.9. The first-order chi connectivity index (χ1) is 61.7. The van der Waals surface area contributed by atoms with Gasteiger partial charge in [-0.15, -0.1) is 0 Å². The smallest absolute Gasteiger partial charge is 0.341 e. The molecule has 129 heavy (non-hydrogen) atoms. The lowest BCUT2D eigenvalue weighted by Crippen LogP contribution is -2.54. The number of aromatic nitrogens is 5. The molecule has 0 spiro atoms. The summed E-state index contributed by atoms with van der Waals surface area (Å²) in [6, 6.07) is 43.1. The minimum absolute atomic E-state index is 0.0134. The molecule has 8 heterocycles. The van der Waals surface area contributed by atoms with E-state index in [9.17, 15) is 69.3 Å². The highest BCUT2D eigenvalue weighted by Gasteiger charge is 2.37. The van der Waals surface area contributed by atoms with Crippen LogP contribution in [0, 0.1) is 31.3 Å². The van der Waals surface area contributed by atoms with E-state index in [4.69, 9.17) is 30.4 Å². The van der Waals surface area contributed by atoms with Crippen LogP contribution in [0.25, 0.3) is 54.5 Å². The number of piperazine rings is 1. The number of methoxy groups -OCH3 is 1. The first kappa shape index (κ1) is 93.7. The fraction of sp³-hybridized carbons (Fsp3) is 0.337. The number of carboxylic acids is 2. The highest BCUT2D eigenvalue weighted by molar-refractivity contribution is 6.03. The number of rotatable bonds is 21. The van der Waals surface area contributed by atoms with E-state index in [-0.39, 0.29) is 85.2 Å². The second-order valence-corrected chi connectivity index (χ2v) is 32.8. The number of aryl methyl sites for hydroxylation is 3. The summed E-state index contributed by atoms with van der Waals surface area (Å²) in [7, 11) is 1.63. The van der Waals surface area contributed by atoms with Gasteiger partial charge in [0.1, 0.15) is 28.3 Å². The predicted octanol–water partition coefficient (Wildman–Crippen LogP) is 13.5. The van der Waals surface area contributed by atoms with Gasteiger partial charge in [0.15, 0.2) is 52.6 Å². The lowest BCUT2D eigenvalue weighted by atomic mass is 9.92. The number of fused-ring (bicyclic) bond motifs is 4. The zero-order valence-corrected chi connectivity index (χ0v) is 73.1. The predicted molar refractivity (Wildman–Crippen MR) is 491 cm³/mol. The van der Waals surface area contributed by atoms with Crippen molar-refractivity contribution >= 4 is 89.2 Å². The Morgan fingerprint density at radius 2 is 0.930 bits per heavy atom. The van der Waals surface area contributed by atoms with Gasteiger partial charge < -0.3 is 104 Å². The minimum atomic E-state index is -1.45. The van der Waals surface area contributed by atoms with E-state index in [0.717, 1.165) is 58.0 Å². The van der Waals surface area contributed by atoms with Gasteiger partial charge in [-0.05, 0) is 160 Å². The molecule has 5 aromatic heterocycles. The largest absolute Gasteiger partial charge is 0.508 e. The molecule has 1 aliphatic carbocycles. The number of hydrogen-bond donors (Lipinski definition) is 10. The Morgan fingerprint density at radius 3 is 1.38 bits per heavy atom. The van der Waals surface area contributed by atoms with Gasteiger partial charge >= 0.3 is 11.9 Å². The normalized spacial score (nSPS) is 16.3. The van der Waals surface area contributed by atoms with Crippen LogP contribution in [0.5, 0.6) is 11.5 Å². The molecule has 6 atom stereocenters. The number of phenolic OH excluding ortho intramolecular Hbond substituents is 1. The third-order valence-electron chi connectivity index (χ3n) is 23.5. The van der Waals surface area contributed by atoms with Crippen LogP contribution >= 0.6 is 0 Å². The van der Waals surface area contributed by atoms with Crippen molar-refractivity contribution < 1.29 is 77.5 Å². The van der Waals surface area contributed by atoms with Gasteiger partial charge in [-0.2, -0.15) is 0 Å². The van der Waals surface area contributed by atoms with Crippen LogP contribution in [0.4, 0.5) is 35.9 Å². The van der Waals surface area contributed by atoms with Crippen LogP contribution in [0.3, 0.4) is 0 Å². The Bertz CT molecular complexity index is 6670. The number of nitrogen functional groups attached to an aromatic ring is 2. The maximum Gasteiger partial charge on any atom is 0.341 e. The lowest BCUT2D eigenvalue weighted by molar-refractivity contribution is -0.0991.